The highest BCUT2D eigenvalue weighted by molar-refractivity contribution is 9.10. The van der Waals surface area contributed by atoms with Crippen LogP contribution in [0.25, 0.3) is 0 Å². The molecule has 0 radical (unpaired) electrons. The van der Waals surface area contributed by atoms with E-state index in [9.17, 15) is 4.39 Å². The number of rotatable bonds is 4. The molecule has 0 saturated heterocycles. The summed E-state index contributed by atoms with van der Waals surface area (Å²) >= 11 is 3.38. The zero-order valence-electron chi connectivity index (χ0n) is 10.2. The first-order valence-corrected chi connectivity index (χ1v) is 6.65. The lowest BCUT2D eigenvalue weighted by Gasteiger charge is -2.18. The Morgan fingerprint density at radius 1 is 1.16 bits per heavy atom. The van der Waals surface area contributed by atoms with Gasteiger partial charge in [0.25, 0.3) is 0 Å². The maximum atomic E-state index is 13.3. The summed E-state index contributed by atoms with van der Waals surface area (Å²) in [5.74, 6) is 5.25. The van der Waals surface area contributed by atoms with Crippen LogP contribution in [0.2, 0.25) is 0 Å². The van der Waals surface area contributed by atoms with Crippen molar-refractivity contribution in [3.8, 4) is 0 Å². The van der Waals surface area contributed by atoms with Crippen molar-refractivity contribution in [3.05, 3.63) is 63.9 Å². The molecule has 1 atom stereocenters. The zero-order chi connectivity index (χ0) is 13.8. The lowest BCUT2D eigenvalue weighted by molar-refractivity contribution is 0.546. The molecule has 5 heteroatoms. The third kappa shape index (κ3) is 3.53. The van der Waals surface area contributed by atoms with Gasteiger partial charge in [0.15, 0.2) is 0 Å². The van der Waals surface area contributed by atoms with E-state index >= 15 is 0 Å². The Labute approximate surface area is 119 Å². The molecule has 5 N–H and O–H groups in total. The van der Waals surface area contributed by atoms with Gasteiger partial charge in [0.05, 0.1) is 6.04 Å². The highest BCUT2D eigenvalue weighted by atomic mass is 79.9. The molecule has 0 aromatic heterocycles. The van der Waals surface area contributed by atoms with Crippen molar-refractivity contribution < 1.29 is 4.39 Å². The Bertz CT molecular complexity index is 557. The third-order valence-electron chi connectivity index (χ3n) is 2.98. The number of nitrogen functional groups attached to an aromatic ring is 1. The molecule has 100 valence electrons. The van der Waals surface area contributed by atoms with E-state index in [1.807, 2.05) is 24.3 Å². The van der Waals surface area contributed by atoms with Crippen LogP contribution in [0.1, 0.15) is 17.2 Å². The minimum atomic E-state index is -0.319. The summed E-state index contributed by atoms with van der Waals surface area (Å²) in [7, 11) is 0. The average molecular weight is 324 g/mol. The SMILES string of the molecule is NNC(Cc1ccc(Br)cc1)c1cc(F)ccc1N. The second-order valence-electron chi connectivity index (χ2n) is 4.32. The van der Waals surface area contributed by atoms with Crippen molar-refractivity contribution in [2.24, 2.45) is 5.84 Å². The summed E-state index contributed by atoms with van der Waals surface area (Å²) in [6.07, 6.45) is 0.636. The van der Waals surface area contributed by atoms with Crippen molar-refractivity contribution in [2.75, 3.05) is 5.73 Å². The monoisotopic (exact) mass is 323 g/mol. The largest absolute Gasteiger partial charge is 0.398 e. The molecule has 3 nitrogen and oxygen atoms in total. The number of hydrazine groups is 1. The van der Waals surface area contributed by atoms with Crippen molar-refractivity contribution >= 4 is 21.6 Å². The van der Waals surface area contributed by atoms with Gasteiger partial charge in [-0.1, -0.05) is 28.1 Å². The van der Waals surface area contributed by atoms with Crippen LogP contribution >= 0.6 is 15.9 Å². The molecule has 0 bridgehead atoms. The minimum absolute atomic E-state index is 0.225. The van der Waals surface area contributed by atoms with Gasteiger partial charge in [-0.15, -0.1) is 0 Å². The van der Waals surface area contributed by atoms with E-state index in [4.69, 9.17) is 11.6 Å². The van der Waals surface area contributed by atoms with Gasteiger partial charge >= 0.3 is 0 Å². The lowest BCUT2D eigenvalue weighted by Crippen LogP contribution is -2.30. The summed E-state index contributed by atoms with van der Waals surface area (Å²) < 4.78 is 14.3. The van der Waals surface area contributed by atoms with Crippen LogP contribution in [0, 0.1) is 5.82 Å². The Hall–Kier alpha value is -1.43. The van der Waals surface area contributed by atoms with Gasteiger partial charge in [0.1, 0.15) is 5.82 Å². The topological polar surface area (TPSA) is 64.1 Å². The molecule has 0 aliphatic rings. The second-order valence-corrected chi connectivity index (χ2v) is 5.24. The molecule has 19 heavy (non-hydrogen) atoms. The van der Waals surface area contributed by atoms with Crippen LogP contribution in [0.15, 0.2) is 46.9 Å². The quantitative estimate of drug-likeness (QED) is 0.460. The predicted molar refractivity (Wildman–Crippen MR) is 78.7 cm³/mol. The number of nitrogens with one attached hydrogen (secondary N) is 1. The summed E-state index contributed by atoms with van der Waals surface area (Å²) in [6.45, 7) is 0. The van der Waals surface area contributed by atoms with Gasteiger partial charge in [-0.05, 0) is 47.9 Å². The molecule has 0 aliphatic carbocycles. The number of benzene rings is 2. The maximum Gasteiger partial charge on any atom is 0.123 e. The van der Waals surface area contributed by atoms with E-state index in [2.05, 4.69) is 21.4 Å². The molecule has 0 fully saturated rings. The molecule has 0 saturated carbocycles. The normalized spacial score (nSPS) is 12.4. The minimum Gasteiger partial charge on any atom is -0.398 e. The summed E-state index contributed by atoms with van der Waals surface area (Å²) in [5.41, 5.74) is 10.9. The highest BCUT2D eigenvalue weighted by Gasteiger charge is 2.14. The van der Waals surface area contributed by atoms with Crippen molar-refractivity contribution in [1.29, 1.82) is 0 Å². The van der Waals surface area contributed by atoms with Gasteiger partial charge in [0.2, 0.25) is 0 Å². The summed E-state index contributed by atoms with van der Waals surface area (Å²) in [6, 6.07) is 12.0. The Morgan fingerprint density at radius 2 is 1.84 bits per heavy atom. The molecular formula is C14H15BrFN3. The molecule has 2 aromatic carbocycles. The fourth-order valence-corrected chi connectivity index (χ4v) is 2.23. The number of anilines is 1. The van der Waals surface area contributed by atoms with Gasteiger partial charge in [-0.2, -0.15) is 0 Å². The van der Waals surface area contributed by atoms with Crippen molar-refractivity contribution in [3.63, 3.8) is 0 Å². The van der Waals surface area contributed by atoms with Crippen LogP contribution in [-0.2, 0) is 6.42 Å². The third-order valence-corrected chi connectivity index (χ3v) is 3.51. The van der Waals surface area contributed by atoms with Crippen molar-refractivity contribution in [2.45, 2.75) is 12.5 Å². The number of halogens is 2. The van der Waals surface area contributed by atoms with Crippen LogP contribution in [0.4, 0.5) is 10.1 Å². The fourth-order valence-electron chi connectivity index (χ4n) is 1.96. The van der Waals surface area contributed by atoms with E-state index in [0.717, 1.165) is 10.0 Å². The van der Waals surface area contributed by atoms with E-state index in [1.165, 1.54) is 12.1 Å². The number of nitrogens with two attached hydrogens (primary N) is 2. The Balaban J connectivity index is 2.24. The van der Waals surface area contributed by atoms with E-state index < -0.39 is 0 Å². The van der Waals surface area contributed by atoms with E-state index in [0.29, 0.717) is 17.7 Å². The Kier molecular flexibility index (Phi) is 4.52. The van der Waals surface area contributed by atoms with Crippen LogP contribution in [0.5, 0.6) is 0 Å². The van der Waals surface area contributed by atoms with Crippen LogP contribution in [0.3, 0.4) is 0 Å². The van der Waals surface area contributed by atoms with E-state index in [1.54, 1.807) is 6.07 Å². The molecule has 0 aliphatic heterocycles. The molecule has 0 heterocycles. The number of hydrogen-bond acceptors (Lipinski definition) is 3. The predicted octanol–water partition coefficient (Wildman–Crippen LogP) is 2.92. The van der Waals surface area contributed by atoms with Crippen molar-refractivity contribution in [1.82, 2.24) is 5.43 Å². The molecular weight excluding hydrogens is 309 g/mol. The summed E-state index contributed by atoms with van der Waals surface area (Å²) in [5, 5.41) is 0. The van der Waals surface area contributed by atoms with Crippen LogP contribution in [-0.4, -0.2) is 0 Å². The molecule has 0 amide bonds. The molecule has 2 rings (SSSR count). The van der Waals surface area contributed by atoms with E-state index in [-0.39, 0.29) is 11.9 Å². The van der Waals surface area contributed by atoms with Gasteiger partial charge in [-0.3, -0.25) is 11.3 Å². The van der Waals surface area contributed by atoms with Gasteiger partial charge < -0.3 is 5.73 Å². The standard InChI is InChI=1S/C14H15BrFN3/c15-10-3-1-9(2-4-10)7-14(19-18)12-8-11(16)5-6-13(12)17/h1-6,8,14,19H,7,17-18H2. The average Bonchev–Trinajstić information content (AvgIpc) is 2.41. The first-order chi connectivity index (χ1) is 9.10. The van der Waals surface area contributed by atoms with Gasteiger partial charge in [-0.25, -0.2) is 4.39 Å². The first-order valence-electron chi connectivity index (χ1n) is 5.85. The molecule has 0 spiro atoms. The fraction of sp³-hybridized carbons (Fsp3) is 0.143. The second kappa shape index (κ2) is 6.14. The number of hydrogen-bond donors (Lipinski definition) is 3. The zero-order valence-corrected chi connectivity index (χ0v) is 11.8. The van der Waals surface area contributed by atoms with Crippen LogP contribution < -0.4 is 17.0 Å². The maximum absolute atomic E-state index is 13.3. The smallest absolute Gasteiger partial charge is 0.123 e. The van der Waals surface area contributed by atoms with Gasteiger partial charge in [0, 0.05) is 10.2 Å². The molecule has 2 aromatic rings. The summed E-state index contributed by atoms with van der Waals surface area (Å²) in [4.78, 5) is 0. The molecule has 1 unspecified atom stereocenters. The first kappa shape index (κ1) is 14.0. The Morgan fingerprint density at radius 3 is 2.47 bits per heavy atom. The highest BCUT2D eigenvalue weighted by Crippen LogP contribution is 2.24. The lowest BCUT2D eigenvalue weighted by atomic mass is 9.98.